The minimum Gasteiger partial charge on any atom is -0.497 e. The second kappa shape index (κ2) is 7.49. The first-order valence-electron chi connectivity index (χ1n) is 8.29. The number of nitrogens with one attached hydrogen (secondary N) is 1. The van der Waals surface area contributed by atoms with Crippen LogP contribution in [0.5, 0.6) is 17.4 Å². The molecule has 0 saturated heterocycles. The van der Waals surface area contributed by atoms with E-state index in [4.69, 9.17) is 26.8 Å². The van der Waals surface area contributed by atoms with Gasteiger partial charge in [-0.3, -0.25) is 0 Å². The molecule has 2 aromatic heterocycles. The number of aromatic nitrogens is 3. The Labute approximate surface area is 170 Å². The molecule has 7 nitrogen and oxygen atoms in total. The highest BCUT2D eigenvalue weighted by Gasteiger charge is 2.13. The lowest BCUT2D eigenvalue weighted by molar-refractivity contribution is 0.415. The van der Waals surface area contributed by atoms with Gasteiger partial charge in [-0.1, -0.05) is 22.9 Å². The lowest BCUT2D eigenvalue weighted by Crippen LogP contribution is -2.03. The van der Waals surface area contributed by atoms with E-state index in [0.717, 1.165) is 21.5 Å². The van der Waals surface area contributed by atoms with Crippen molar-refractivity contribution in [2.75, 3.05) is 18.2 Å². The molecule has 0 aliphatic heterocycles. The summed E-state index contributed by atoms with van der Waals surface area (Å²) in [6, 6.07) is 11.0. The molecule has 2 heterocycles. The summed E-state index contributed by atoms with van der Waals surface area (Å²) in [4.78, 5) is 12.9. The molecule has 0 saturated carbocycles. The number of thiazole rings is 1. The molecule has 0 bridgehead atoms. The molecule has 0 aliphatic rings. The number of aryl methyl sites for hydroxylation is 1. The number of halogens is 1. The van der Waals surface area contributed by atoms with Gasteiger partial charge in [0.15, 0.2) is 10.9 Å². The first-order chi connectivity index (χ1) is 13.5. The van der Waals surface area contributed by atoms with Crippen LogP contribution in [0.15, 0.2) is 42.7 Å². The molecule has 0 unspecified atom stereocenters. The minimum absolute atomic E-state index is 0.252. The van der Waals surface area contributed by atoms with Crippen LogP contribution in [0.1, 0.15) is 5.56 Å². The number of nitrogens with zero attached hydrogens (tertiary/aromatic N) is 3. The topological polar surface area (TPSA) is 95.2 Å². The molecule has 0 amide bonds. The number of ether oxygens (including phenoxy) is 2. The van der Waals surface area contributed by atoms with Gasteiger partial charge in [0.05, 0.1) is 17.3 Å². The first-order valence-corrected chi connectivity index (χ1v) is 9.49. The van der Waals surface area contributed by atoms with Crippen molar-refractivity contribution in [3.63, 3.8) is 0 Å². The smallest absolute Gasteiger partial charge is 0.248 e. The molecule has 9 heteroatoms. The van der Waals surface area contributed by atoms with Crippen molar-refractivity contribution in [2.45, 2.75) is 6.92 Å². The highest BCUT2D eigenvalue weighted by Crippen LogP contribution is 2.35. The fraction of sp³-hybridized carbons (Fsp3) is 0.105. The molecule has 28 heavy (non-hydrogen) atoms. The van der Waals surface area contributed by atoms with Gasteiger partial charge in [-0.2, -0.15) is 4.98 Å². The third kappa shape index (κ3) is 3.64. The summed E-state index contributed by atoms with van der Waals surface area (Å²) in [5.74, 6) is 2.03. The predicted octanol–water partition coefficient (Wildman–Crippen LogP) is 5.17. The third-order valence-corrected chi connectivity index (χ3v) is 5.37. The van der Waals surface area contributed by atoms with Gasteiger partial charge in [-0.25, -0.2) is 9.97 Å². The van der Waals surface area contributed by atoms with Crippen LogP contribution in [0, 0.1) is 6.92 Å². The number of nitrogen functional groups attached to an aromatic ring is 1. The van der Waals surface area contributed by atoms with Crippen molar-refractivity contribution in [3.8, 4) is 17.4 Å². The van der Waals surface area contributed by atoms with Crippen LogP contribution < -0.4 is 20.5 Å². The second-order valence-electron chi connectivity index (χ2n) is 5.93. The molecular formula is C19H16ClN5O2S. The Kier molecular flexibility index (Phi) is 4.89. The van der Waals surface area contributed by atoms with Crippen molar-refractivity contribution >= 4 is 49.8 Å². The van der Waals surface area contributed by atoms with Crippen molar-refractivity contribution in [1.29, 1.82) is 0 Å². The monoisotopic (exact) mass is 413 g/mol. The number of methoxy groups -OCH3 is 1. The zero-order valence-corrected chi connectivity index (χ0v) is 16.6. The Morgan fingerprint density at radius 3 is 2.71 bits per heavy atom. The van der Waals surface area contributed by atoms with E-state index < -0.39 is 0 Å². The van der Waals surface area contributed by atoms with Gasteiger partial charge < -0.3 is 20.5 Å². The molecular weight excluding hydrogens is 398 g/mol. The Hall–Kier alpha value is -3.10. The maximum Gasteiger partial charge on any atom is 0.248 e. The fourth-order valence-corrected chi connectivity index (χ4v) is 3.55. The number of benzene rings is 2. The summed E-state index contributed by atoms with van der Waals surface area (Å²) in [7, 11) is 1.63. The predicted molar refractivity (Wildman–Crippen MR) is 112 cm³/mol. The summed E-state index contributed by atoms with van der Waals surface area (Å²) in [6.07, 6.45) is 1.38. The quantitative estimate of drug-likeness (QED) is 0.465. The van der Waals surface area contributed by atoms with Gasteiger partial charge in [0.2, 0.25) is 5.88 Å². The van der Waals surface area contributed by atoms with E-state index in [1.165, 1.54) is 17.7 Å². The molecule has 4 aromatic rings. The molecule has 0 aliphatic carbocycles. The molecule has 142 valence electrons. The van der Waals surface area contributed by atoms with Gasteiger partial charge >= 0.3 is 0 Å². The van der Waals surface area contributed by atoms with E-state index in [9.17, 15) is 0 Å². The number of hydrogen-bond donors (Lipinski definition) is 2. The minimum atomic E-state index is 0.252. The van der Waals surface area contributed by atoms with Crippen LogP contribution in [-0.2, 0) is 0 Å². The Bertz CT molecular complexity index is 1160. The lowest BCUT2D eigenvalue weighted by atomic mass is 10.2. The van der Waals surface area contributed by atoms with Gasteiger partial charge in [-0.05, 0) is 48.9 Å². The standard InChI is InChI=1S/C19H16ClN5O2S/c1-10-7-12(3-5-13(10)20)27-18-16(21)17(22-9-23-18)25-19-24-14-6-4-11(26-2)8-15(14)28-19/h3-9H,21H2,1-2H3,(H,22,23,24,25). The fourth-order valence-electron chi connectivity index (χ4n) is 2.54. The molecule has 4 rings (SSSR count). The Morgan fingerprint density at radius 1 is 1.11 bits per heavy atom. The van der Waals surface area contributed by atoms with Crippen molar-refractivity contribution in [3.05, 3.63) is 53.3 Å². The zero-order chi connectivity index (χ0) is 19.7. The normalized spacial score (nSPS) is 10.8. The molecule has 2 aromatic carbocycles. The second-order valence-corrected chi connectivity index (χ2v) is 7.37. The Morgan fingerprint density at radius 2 is 1.93 bits per heavy atom. The maximum atomic E-state index is 6.21. The van der Waals surface area contributed by atoms with Gasteiger partial charge in [-0.15, -0.1) is 0 Å². The highest BCUT2D eigenvalue weighted by atomic mass is 35.5. The zero-order valence-electron chi connectivity index (χ0n) is 15.1. The van der Waals surface area contributed by atoms with Crippen LogP contribution in [0.25, 0.3) is 10.2 Å². The summed E-state index contributed by atoms with van der Waals surface area (Å²) >= 11 is 7.52. The van der Waals surface area contributed by atoms with Gasteiger partial charge in [0, 0.05) is 5.02 Å². The average Bonchev–Trinajstić information content (AvgIpc) is 3.09. The number of anilines is 3. The Balaban J connectivity index is 1.60. The molecule has 0 radical (unpaired) electrons. The van der Waals surface area contributed by atoms with E-state index in [1.807, 2.05) is 31.2 Å². The third-order valence-electron chi connectivity index (χ3n) is 4.01. The molecule has 3 N–H and O–H groups in total. The van der Waals surface area contributed by atoms with Crippen molar-refractivity contribution in [1.82, 2.24) is 15.0 Å². The average molecular weight is 414 g/mol. The molecule has 0 spiro atoms. The lowest BCUT2D eigenvalue weighted by Gasteiger charge is -2.11. The summed E-state index contributed by atoms with van der Waals surface area (Å²) in [5.41, 5.74) is 8.24. The largest absolute Gasteiger partial charge is 0.497 e. The van der Waals surface area contributed by atoms with E-state index >= 15 is 0 Å². The van der Waals surface area contributed by atoms with Gasteiger partial charge in [0.1, 0.15) is 23.5 Å². The molecule has 0 atom stereocenters. The van der Waals surface area contributed by atoms with Crippen LogP contribution >= 0.6 is 22.9 Å². The van der Waals surface area contributed by atoms with Crippen LogP contribution in [0.2, 0.25) is 5.02 Å². The van der Waals surface area contributed by atoms with Crippen molar-refractivity contribution in [2.24, 2.45) is 0 Å². The summed E-state index contributed by atoms with van der Waals surface area (Å²) < 4.78 is 12.0. The SMILES string of the molecule is COc1ccc2nc(Nc3ncnc(Oc4ccc(Cl)c(C)c4)c3N)sc2c1. The van der Waals surface area contributed by atoms with E-state index in [2.05, 4.69) is 20.3 Å². The number of nitrogens with two attached hydrogens (primary N) is 1. The van der Waals surface area contributed by atoms with Crippen molar-refractivity contribution < 1.29 is 9.47 Å². The van der Waals surface area contributed by atoms with Gasteiger partial charge in [0.25, 0.3) is 0 Å². The highest BCUT2D eigenvalue weighted by molar-refractivity contribution is 7.22. The van der Waals surface area contributed by atoms with E-state index in [-0.39, 0.29) is 11.6 Å². The first kappa shape index (κ1) is 18.3. The van der Waals surface area contributed by atoms with E-state index in [0.29, 0.717) is 21.7 Å². The van der Waals surface area contributed by atoms with Crippen LogP contribution in [-0.4, -0.2) is 22.1 Å². The number of hydrogen-bond acceptors (Lipinski definition) is 8. The summed E-state index contributed by atoms with van der Waals surface area (Å²) in [6.45, 7) is 1.90. The molecule has 0 fully saturated rings. The summed E-state index contributed by atoms with van der Waals surface area (Å²) in [5, 5.41) is 4.45. The van der Waals surface area contributed by atoms with E-state index in [1.54, 1.807) is 19.2 Å². The maximum absolute atomic E-state index is 6.21. The van der Waals surface area contributed by atoms with Crippen LogP contribution in [0.4, 0.5) is 16.6 Å². The van der Waals surface area contributed by atoms with Crippen LogP contribution in [0.3, 0.4) is 0 Å². The number of fused-ring (bicyclic) bond motifs is 1. The number of rotatable bonds is 5.